The van der Waals surface area contributed by atoms with Crippen LogP contribution in [0.4, 0.5) is 0 Å². The van der Waals surface area contributed by atoms with Gasteiger partial charge in [-0.3, -0.25) is 4.79 Å². The van der Waals surface area contributed by atoms with Crippen LogP contribution in [0.2, 0.25) is 0 Å². The number of aliphatic hydroxyl groups is 1. The largest absolute Gasteiger partial charge is 0.481 e. The maximum absolute atomic E-state index is 12.4. The van der Waals surface area contributed by atoms with Crippen LogP contribution >= 0.6 is 0 Å². The van der Waals surface area contributed by atoms with Gasteiger partial charge >= 0.3 is 5.97 Å². The number of aliphatic hydroxyl groups excluding tert-OH is 1. The SMILES string of the molecule is C=CCO.CC1(C)CCCC2(C)C1CCC1(C)C2CCC2C3CCCC3(C(=O)O)CC[C@]21C. The van der Waals surface area contributed by atoms with E-state index in [9.17, 15) is 9.90 Å². The van der Waals surface area contributed by atoms with Gasteiger partial charge in [0.05, 0.1) is 12.0 Å². The Morgan fingerprint density at radius 2 is 1.52 bits per heavy atom. The second-order valence-electron chi connectivity index (χ2n) is 13.9. The number of carbonyl (C=O) groups is 1. The van der Waals surface area contributed by atoms with Crippen molar-refractivity contribution in [3.63, 3.8) is 0 Å². The summed E-state index contributed by atoms with van der Waals surface area (Å²) in [5.41, 5.74) is 1.31. The third kappa shape index (κ3) is 3.41. The molecule has 3 heteroatoms. The maximum Gasteiger partial charge on any atom is 0.309 e. The first-order valence-electron chi connectivity index (χ1n) is 13.9. The van der Waals surface area contributed by atoms with E-state index in [0.29, 0.717) is 33.5 Å². The van der Waals surface area contributed by atoms with E-state index in [1.54, 1.807) is 0 Å². The van der Waals surface area contributed by atoms with Crippen LogP contribution in [0, 0.1) is 50.7 Å². The van der Waals surface area contributed by atoms with Crippen LogP contribution < -0.4 is 0 Å². The molecule has 0 amide bonds. The lowest BCUT2D eigenvalue weighted by Crippen LogP contribution is -2.65. The van der Waals surface area contributed by atoms with E-state index in [1.165, 1.54) is 57.4 Å². The number of carboxylic acid groups (broad SMARTS) is 1. The summed E-state index contributed by atoms with van der Waals surface area (Å²) in [4.78, 5) is 12.4. The molecule has 5 aliphatic carbocycles. The molecule has 0 aromatic carbocycles. The van der Waals surface area contributed by atoms with Gasteiger partial charge in [0.25, 0.3) is 0 Å². The predicted octanol–water partition coefficient (Wildman–Crippen LogP) is 7.48. The molecule has 0 heterocycles. The fraction of sp³-hybridized carbons (Fsp3) is 0.900. The van der Waals surface area contributed by atoms with Gasteiger partial charge in [-0.1, -0.05) is 53.5 Å². The summed E-state index contributed by atoms with van der Waals surface area (Å²) in [5.74, 6) is 2.29. The van der Waals surface area contributed by atoms with E-state index in [2.05, 4.69) is 41.2 Å². The minimum Gasteiger partial charge on any atom is -0.481 e. The monoisotopic (exact) mass is 458 g/mol. The molecule has 0 aliphatic heterocycles. The van der Waals surface area contributed by atoms with Crippen molar-refractivity contribution in [3.05, 3.63) is 12.7 Å². The fourth-order valence-corrected chi connectivity index (χ4v) is 11.0. The number of hydrogen-bond acceptors (Lipinski definition) is 2. The molecule has 3 nitrogen and oxygen atoms in total. The molecule has 7 unspecified atom stereocenters. The standard InChI is InChI=1S/C27H44O2.C3H6O/c1-23(2)12-7-13-24(3)20(23)11-15-26(5)21(24)10-9-18-19-8-6-14-27(19,22(28)29)17-16-25(18,26)4;1-2-3-4/h18-21H,6-17H2,1-5H3,(H,28,29);2,4H,1,3H2/t18?,19?,20?,21?,24?,25-,26?,27?;/m1./s1. The molecule has 0 aromatic heterocycles. The normalized spacial score (nSPS) is 49.9. The molecule has 0 aromatic rings. The minimum atomic E-state index is -0.473. The third-order valence-corrected chi connectivity index (χ3v) is 12.7. The summed E-state index contributed by atoms with van der Waals surface area (Å²) >= 11 is 0. The molecular formula is C30H50O3. The van der Waals surface area contributed by atoms with Crippen molar-refractivity contribution in [2.45, 2.75) is 112 Å². The second kappa shape index (κ2) is 8.38. The van der Waals surface area contributed by atoms with Crippen molar-refractivity contribution in [1.82, 2.24) is 0 Å². The van der Waals surface area contributed by atoms with Crippen LogP contribution in [-0.2, 0) is 4.79 Å². The topological polar surface area (TPSA) is 57.5 Å². The van der Waals surface area contributed by atoms with Crippen LogP contribution in [0.3, 0.4) is 0 Å². The minimum absolute atomic E-state index is 0.0833. The van der Waals surface area contributed by atoms with Crippen LogP contribution in [0.25, 0.3) is 0 Å². The van der Waals surface area contributed by atoms with Gasteiger partial charge in [-0.2, -0.15) is 0 Å². The van der Waals surface area contributed by atoms with Gasteiger partial charge in [0, 0.05) is 0 Å². The van der Waals surface area contributed by atoms with Crippen molar-refractivity contribution in [2.75, 3.05) is 6.61 Å². The molecule has 188 valence electrons. The molecule has 5 fully saturated rings. The van der Waals surface area contributed by atoms with Crippen molar-refractivity contribution >= 4 is 5.97 Å². The molecular weight excluding hydrogens is 408 g/mol. The molecule has 33 heavy (non-hydrogen) atoms. The highest BCUT2D eigenvalue weighted by Crippen LogP contribution is 2.76. The molecule has 0 saturated heterocycles. The summed E-state index contributed by atoms with van der Waals surface area (Å²) in [6.45, 7) is 16.4. The summed E-state index contributed by atoms with van der Waals surface area (Å²) < 4.78 is 0. The highest BCUT2D eigenvalue weighted by atomic mass is 16.4. The van der Waals surface area contributed by atoms with E-state index in [0.717, 1.165) is 37.5 Å². The molecule has 5 rings (SSSR count). The highest BCUT2D eigenvalue weighted by molar-refractivity contribution is 5.76. The first kappa shape index (κ1) is 25.3. The summed E-state index contributed by atoms with van der Waals surface area (Å²) in [6, 6.07) is 0. The average Bonchev–Trinajstić information content (AvgIpc) is 3.19. The molecule has 5 saturated carbocycles. The Morgan fingerprint density at radius 3 is 2.15 bits per heavy atom. The van der Waals surface area contributed by atoms with Gasteiger partial charge in [0.2, 0.25) is 0 Å². The lowest BCUT2D eigenvalue weighted by Gasteiger charge is -2.72. The molecule has 0 bridgehead atoms. The Hall–Kier alpha value is -0.830. The van der Waals surface area contributed by atoms with Gasteiger partial charge in [-0.05, 0) is 110 Å². The Bertz CT molecular complexity index is 773. The van der Waals surface area contributed by atoms with Gasteiger partial charge in [0.15, 0.2) is 0 Å². The van der Waals surface area contributed by atoms with Gasteiger partial charge in [-0.15, -0.1) is 6.58 Å². The predicted molar refractivity (Wildman–Crippen MR) is 135 cm³/mol. The van der Waals surface area contributed by atoms with Crippen molar-refractivity contribution in [2.24, 2.45) is 50.7 Å². The van der Waals surface area contributed by atoms with Crippen molar-refractivity contribution in [3.8, 4) is 0 Å². The van der Waals surface area contributed by atoms with Crippen LogP contribution in [0.1, 0.15) is 112 Å². The number of fused-ring (bicyclic) bond motifs is 7. The number of carboxylic acids is 1. The Labute approximate surface area is 202 Å². The zero-order valence-electron chi connectivity index (χ0n) is 22.1. The fourth-order valence-electron chi connectivity index (χ4n) is 11.0. The summed E-state index contributed by atoms with van der Waals surface area (Å²) in [5, 5.41) is 18.0. The van der Waals surface area contributed by atoms with E-state index < -0.39 is 5.97 Å². The third-order valence-electron chi connectivity index (χ3n) is 12.7. The average molecular weight is 459 g/mol. The second-order valence-corrected chi connectivity index (χ2v) is 13.9. The quantitative estimate of drug-likeness (QED) is 0.422. The lowest BCUT2D eigenvalue weighted by molar-refractivity contribution is -0.235. The molecule has 0 spiro atoms. The molecule has 0 radical (unpaired) electrons. The van der Waals surface area contributed by atoms with E-state index in [-0.39, 0.29) is 12.0 Å². The van der Waals surface area contributed by atoms with Gasteiger partial charge in [-0.25, -0.2) is 0 Å². The first-order valence-corrected chi connectivity index (χ1v) is 13.9. The van der Waals surface area contributed by atoms with E-state index in [4.69, 9.17) is 5.11 Å². The van der Waals surface area contributed by atoms with Crippen LogP contribution in [0.5, 0.6) is 0 Å². The number of hydrogen-bond donors (Lipinski definition) is 2. The highest BCUT2D eigenvalue weighted by Gasteiger charge is 2.70. The molecule has 8 atom stereocenters. The zero-order chi connectivity index (χ0) is 24.3. The van der Waals surface area contributed by atoms with Crippen molar-refractivity contribution in [1.29, 1.82) is 0 Å². The number of aliphatic carboxylic acids is 1. The summed E-state index contributed by atoms with van der Waals surface area (Å²) in [6.07, 6.45) is 16.4. The van der Waals surface area contributed by atoms with Crippen LogP contribution in [0.15, 0.2) is 12.7 Å². The van der Waals surface area contributed by atoms with Crippen molar-refractivity contribution < 1.29 is 15.0 Å². The lowest BCUT2D eigenvalue weighted by atomic mass is 9.32. The van der Waals surface area contributed by atoms with Crippen LogP contribution in [-0.4, -0.2) is 22.8 Å². The molecule has 2 N–H and O–H groups in total. The Balaban J connectivity index is 0.000000601. The Kier molecular flexibility index (Phi) is 6.42. The molecule has 5 aliphatic rings. The first-order chi connectivity index (χ1) is 15.4. The smallest absolute Gasteiger partial charge is 0.309 e. The van der Waals surface area contributed by atoms with Gasteiger partial charge < -0.3 is 10.2 Å². The maximum atomic E-state index is 12.4. The van der Waals surface area contributed by atoms with Gasteiger partial charge in [0.1, 0.15) is 0 Å². The Morgan fingerprint density at radius 1 is 0.818 bits per heavy atom. The number of rotatable bonds is 2. The van der Waals surface area contributed by atoms with E-state index in [1.807, 2.05) is 0 Å². The van der Waals surface area contributed by atoms with E-state index >= 15 is 0 Å². The zero-order valence-corrected chi connectivity index (χ0v) is 22.1. The summed E-state index contributed by atoms with van der Waals surface area (Å²) in [7, 11) is 0.